The zero-order valence-corrected chi connectivity index (χ0v) is 15.1. The summed E-state index contributed by atoms with van der Waals surface area (Å²) in [6.07, 6.45) is 9.13. The van der Waals surface area contributed by atoms with Crippen LogP contribution in [0.2, 0.25) is 0 Å². The fourth-order valence-corrected chi connectivity index (χ4v) is 3.40. The summed E-state index contributed by atoms with van der Waals surface area (Å²) >= 11 is 0. The molecule has 3 aromatic heterocycles. The Balaban J connectivity index is 1.43. The number of rotatable bonds is 4. The number of pyridine rings is 1. The Morgan fingerprint density at radius 1 is 1.30 bits per heavy atom. The molecule has 3 aromatic rings. The molecule has 1 aliphatic heterocycles. The predicted octanol–water partition coefficient (Wildman–Crippen LogP) is 2.32. The highest BCUT2D eigenvalue weighted by atomic mass is 16.5. The number of aromatic nitrogens is 5. The summed E-state index contributed by atoms with van der Waals surface area (Å²) in [6.45, 7) is 3.30. The van der Waals surface area contributed by atoms with Gasteiger partial charge in [-0.2, -0.15) is 4.98 Å². The van der Waals surface area contributed by atoms with Crippen molar-refractivity contribution in [2.75, 3.05) is 13.1 Å². The molecule has 8 heteroatoms. The summed E-state index contributed by atoms with van der Waals surface area (Å²) < 4.78 is 5.38. The summed E-state index contributed by atoms with van der Waals surface area (Å²) in [5, 5.41) is 3.99. The van der Waals surface area contributed by atoms with Crippen LogP contribution < -0.4 is 0 Å². The van der Waals surface area contributed by atoms with Gasteiger partial charge in [0.15, 0.2) is 0 Å². The van der Waals surface area contributed by atoms with Crippen LogP contribution in [0.3, 0.4) is 0 Å². The zero-order valence-electron chi connectivity index (χ0n) is 15.1. The monoisotopic (exact) mass is 364 g/mol. The molecular formula is C19H20N6O2. The van der Waals surface area contributed by atoms with E-state index >= 15 is 0 Å². The van der Waals surface area contributed by atoms with Crippen LogP contribution in [0.15, 0.2) is 41.4 Å². The minimum absolute atomic E-state index is 0.0380. The van der Waals surface area contributed by atoms with E-state index in [4.69, 9.17) is 4.52 Å². The number of piperidine rings is 1. The lowest BCUT2D eigenvalue weighted by molar-refractivity contribution is 0.0667. The first-order valence-electron chi connectivity index (χ1n) is 9.00. The van der Waals surface area contributed by atoms with Gasteiger partial charge in [-0.25, -0.2) is 4.98 Å². The van der Waals surface area contributed by atoms with Crippen molar-refractivity contribution in [3.63, 3.8) is 0 Å². The van der Waals surface area contributed by atoms with Crippen LogP contribution in [-0.2, 0) is 6.42 Å². The summed E-state index contributed by atoms with van der Waals surface area (Å²) in [6, 6.07) is 3.63. The molecule has 1 fully saturated rings. The van der Waals surface area contributed by atoms with E-state index in [1.165, 1.54) is 0 Å². The molecule has 8 nitrogen and oxygen atoms in total. The van der Waals surface area contributed by atoms with Crippen molar-refractivity contribution < 1.29 is 9.32 Å². The van der Waals surface area contributed by atoms with Crippen LogP contribution in [0.4, 0.5) is 0 Å². The van der Waals surface area contributed by atoms with Crippen LogP contribution in [-0.4, -0.2) is 49.0 Å². The minimum atomic E-state index is 0.0380. The molecule has 1 unspecified atom stereocenters. The van der Waals surface area contributed by atoms with E-state index in [0.29, 0.717) is 35.9 Å². The Labute approximate surface area is 156 Å². The molecule has 4 heterocycles. The Morgan fingerprint density at radius 2 is 2.22 bits per heavy atom. The van der Waals surface area contributed by atoms with Gasteiger partial charge in [-0.3, -0.25) is 14.8 Å². The molecule has 0 bridgehead atoms. The number of aryl methyl sites for hydroxylation is 1. The normalized spacial score (nSPS) is 17.1. The van der Waals surface area contributed by atoms with Gasteiger partial charge in [-0.1, -0.05) is 5.16 Å². The first kappa shape index (κ1) is 17.3. The molecule has 0 N–H and O–H groups in total. The van der Waals surface area contributed by atoms with E-state index in [0.717, 1.165) is 25.1 Å². The molecule has 1 amide bonds. The number of likely N-dealkylation sites (tertiary alicyclic amines) is 1. The maximum absolute atomic E-state index is 12.8. The number of amides is 1. The SMILES string of the molecule is Cc1ncccc1C(=O)N1CCCC(Cc2nc(-c3cnccn3)no2)C1. The van der Waals surface area contributed by atoms with Crippen molar-refractivity contribution in [1.82, 2.24) is 30.0 Å². The molecule has 0 spiro atoms. The standard InChI is InChI=1S/C19H20N6O2/c1-13-15(5-2-6-21-13)19(26)25-9-3-4-14(12-25)10-17-23-18(24-27-17)16-11-20-7-8-22-16/h2,5-8,11,14H,3-4,9-10,12H2,1H3. The Bertz CT molecular complexity index is 927. The van der Waals surface area contributed by atoms with Crippen molar-refractivity contribution in [3.05, 3.63) is 54.1 Å². The van der Waals surface area contributed by atoms with Gasteiger partial charge in [0.2, 0.25) is 11.7 Å². The number of nitrogens with zero attached hydrogens (tertiary/aromatic N) is 6. The highest BCUT2D eigenvalue weighted by Crippen LogP contribution is 2.23. The molecule has 4 rings (SSSR count). The van der Waals surface area contributed by atoms with Crippen LogP contribution in [0, 0.1) is 12.8 Å². The molecule has 1 aliphatic rings. The quantitative estimate of drug-likeness (QED) is 0.700. The van der Waals surface area contributed by atoms with E-state index in [1.807, 2.05) is 17.9 Å². The largest absolute Gasteiger partial charge is 0.339 e. The Kier molecular flexibility index (Phi) is 4.86. The average molecular weight is 364 g/mol. The lowest BCUT2D eigenvalue weighted by Crippen LogP contribution is -2.40. The van der Waals surface area contributed by atoms with E-state index < -0.39 is 0 Å². The average Bonchev–Trinajstić information content (AvgIpc) is 3.17. The van der Waals surface area contributed by atoms with Gasteiger partial charge < -0.3 is 9.42 Å². The number of hydrogen-bond donors (Lipinski definition) is 0. The third kappa shape index (κ3) is 3.84. The molecule has 1 atom stereocenters. The second-order valence-corrected chi connectivity index (χ2v) is 6.70. The topological polar surface area (TPSA) is 97.9 Å². The maximum atomic E-state index is 12.8. The number of carbonyl (C=O) groups is 1. The molecule has 0 saturated carbocycles. The van der Waals surface area contributed by atoms with Gasteiger partial charge in [0, 0.05) is 43.8 Å². The van der Waals surface area contributed by atoms with Gasteiger partial charge in [0.25, 0.3) is 5.91 Å². The summed E-state index contributed by atoms with van der Waals surface area (Å²) in [4.78, 5) is 31.6. The molecule has 0 radical (unpaired) electrons. The first-order valence-corrected chi connectivity index (χ1v) is 9.00. The molecule has 1 saturated heterocycles. The van der Waals surface area contributed by atoms with E-state index in [2.05, 4.69) is 25.1 Å². The van der Waals surface area contributed by atoms with E-state index in [1.54, 1.807) is 30.9 Å². The fourth-order valence-electron chi connectivity index (χ4n) is 3.40. The lowest BCUT2D eigenvalue weighted by Gasteiger charge is -2.32. The molecular weight excluding hydrogens is 344 g/mol. The van der Waals surface area contributed by atoms with E-state index in [9.17, 15) is 4.79 Å². The van der Waals surface area contributed by atoms with Crippen molar-refractivity contribution in [2.45, 2.75) is 26.2 Å². The third-order valence-electron chi connectivity index (χ3n) is 4.77. The van der Waals surface area contributed by atoms with Crippen LogP contribution in [0.1, 0.15) is 34.8 Å². The predicted molar refractivity (Wildman–Crippen MR) is 96.6 cm³/mol. The van der Waals surface area contributed by atoms with Crippen molar-refractivity contribution in [1.29, 1.82) is 0 Å². The van der Waals surface area contributed by atoms with Gasteiger partial charge in [0.1, 0.15) is 5.69 Å². The van der Waals surface area contributed by atoms with Gasteiger partial charge >= 0.3 is 0 Å². The van der Waals surface area contributed by atoms with Crippen LogP contribution >= 0.6 is 0 Å². The van der Waals surface area contributed by atoms with Crippen molar-refractivity contribution in [2.24, 2.45) is 5.92 Å². The fraction of sp³-hybridized carbons (Fsp3) is 0.368. The van der Waals surface area contributed by atoms with Gasteiger partial charge in [-0.05, 0) is 37.8 Å². The van der Waals surface area contributed by atoms with Crippen molar-refractivity contribution in [3.8, 4) is 11.5 Å². The molecule has 138 valence electrons. The van der Waals surface area contributed by atoms with Crippen molar-refractivity contribution >= 4 is 5.91 Å². The third-order valence-corrected chi connectivity index (χ3v) is 4.77. The number of carbonyl (C=O) groups excluding carboxylic acids is 1. The summed E-state index contributed by atoms with van der Waals surface area (Å²) in [5.41, 5.74) is 2.01. The highest BCUT2D eigenvalue weighted by molar-refractivity contribution is 5.95. The summed E-state index contributed by atoms with van der Waals surface area (Å²) in [5.74, 6) is 1.33. The zero-order chi connectivity index (χ0) is 18.6. The summed E-state index contributed by atoms with van der Waals surface area (Å²) in [7, 11) is 0. The Morgan fingerprint density at radius 3 is 3.04 bits per heavy atom. The van der Waals surface area contributed by atoms with Crippen LogP contribution in [0.25, 0.3) is 11.5 Å². The minimum Gasteiger partial charge on any atom is -0.339 e. The van der Waals surface area contributed by atoms with Gasteiger partial charge in [-0.15, -0.1) is 0 Å². The van der Waals surface area contributed by atoms with Crippen LogP contribution in [0.5, 0.6) is 0 Å². The van der Waals surface area contributed by atoms with Gasteiger partial charge in [0.05, 0.1) is 11.8 Å². The Hall–Kier alpha value is -3.16. The second kappa shape index (κ2) is 7.61. The maximum Gasteiger partial charge on any atom is 0.255 e. The second-order valence-electron chi connectivity index (χ2n) is 6.70. The molecule has 0 aromatic carbocycles. The highest BCUT2D eigenvalue weighted by Gasteiger charge is 2.27. The lowest BCUT2D eigenvalue weighted by atomic mass is 9.94. The smallest absolute Gasteiger partial charge is 0.255 e. The van der Waals surface area contributed by atoms with E-state index in [-0.39, 0.29) is 11.8 Å². The molecule has 0 aliphatic carbocycles. The number of hydrogen-bond acceptors (Lipinski definition) is 7. The first-order chi connectivity index (χ1) is 13.2. The molecule has 27 heavy (non-hydrogen) atoms.